The summed E-state index contributed by atoms with van der Waals surface area (Å²) in [7, 11) is -3.40. The summed E-state index contributed by atoms with van der Waals surface area (Å²) in [5.41, 5.74) is 1.72. The van der Waals surface area contributed by atoms with E-state index in [0.717, 1.165) is 0 Å². The lowest BCUT2D eigenvalue weighted by Crippen LogP contribution is -2.21. The monoisotopic (exact) mass is 492 g/mol. The first-order valence-corrected chi connectivity index (χ1v) is 13.0. The molecule has 10 nitrogen and oxygen atoms in total. The van der Waals surface area contributed by atoms with Crippen molar-refractivity contribution in [1.29, 1.82) is 0 Å². The number of esters is 2. The Balaban J connectivity index is 2.00. The number of hydrogen-bond acceptors (Lipinski definition) is 9. The summed E-state index contributed by atoms with van der Waals surface area (Å²) in [5.74, 6) is -1.87. The smallest absolute Gasteiger partial charge is 0.374 e. The minimum Gasteiger partial charge on any atom is -0.461 e. The highest BCUT2D eigenvalue weighted by Crippen LogP contribution is 2.52. The van der Waals surface area contributed by atoms with Crippen LogP contribution in [0.4, 0.5) is 0 Å². The number of rotatable bonds is 11. The summed E-state index contributed by atoms with van der Waals surface area (Å²) in [4.78, 5) is 42.3. The summed E-state index contributed by atoms with van der Waals surface area (Å²) >= 11 is 0. The van der Waals surface area contributed by atoms with E-state index in [4.69, 9.17) is 18.5 Å². The summed E-state index contributed by atoms with van der Waals surface area (Å²) in [6.07, 6.45) is 1.57. The van der Waals surface area contributed by atoms with Gasteiger partial charge in [0.1, 0.15) is 6.04 Å². The maximum atomic E-state index is 13.4. The molecule has 1 unspecified atom stereocenters. The van der Waals surface area contributed by atoms with Crippen molar-refractivity contribution in [3.63, 3.8) is 0 Å². The van der Waals surface area contributed by atoms with Crippen molar-refractivity contribution in [2.45, 2.75) is 46.3 Å². The molecule has 1 heterocycles. The molecule has 2 aromatic rings. The van der Waals surface area contributed by atoms with Crippen LogP contribution in [0.3, 0.4) is 0 Å². The van der Waals surface area contributed by atoms with Gasteiger partial charge in [-0.05, 0) is 38.8 Å². The predicted molar refractivity (Wildman–Crippen MR) is 122 cm³/mol. The van der Waals surface area contributed by atoms with E-state index in [2.05, 4.69) is 4.98 Å². The van der Waals surface area contributed by atoms with E-state index in [1.807, 2.05) is 0 Å². The van der Waals surface area contributed by atoms with Gasteiger partial charge < -0.3 is 23.1 Å². The van der Waals surface area contributed by atoms with Gasteiger partial charge in [-0.2, -0.15) is 0 Å². The van der Waals surface area contributed by atoms with E-state index in [9.17, 15) is 18.9 Å². The van der Waals surface area contributed by atoms with Crippen LogP contribution in [0.15, 0.2) is 24.4 Å². The third-order valence-electron chi connectivity index (χ3n) is 5.26. The van der Waals surface area contributed by atoms with Gasteiger partial charge in [0.25, 0.3) is 0 Å². The molecular formula is C23H29N2O8P. The zero-order valence-electron chi connectivity index (χ0n) is 19.7. The van der Waals surface area contributed by atoms with Gasteiger partial charge in [0.2, 0.25) is 5.82 Å². The minimum atomic E-state index is -3.40. The lowest BCUT2D eigenvalue weighted by Gasteiger charge is -2.18. The number of aromatic nitrogens is 2. The lowest BCUT2D eigenvalue weighted by molar-refractivity contribution is 0.0504. The largest absolute Gasteiger partial charge is 0.461 e. The van der Waals surface area contributed by atoms with Gasteiger partial charge >= 0.3 is 19.5 Å². The first-order chi connectivity index (χ1) is 16.3. The van der Waals surface area contributed by atoms with E-state index < -0.39 is 25.6 Å². The van der Waals surface area contributed by atoms with E-state index in [-0.39, 0.29) is 56.3 Å². The molecule has 34 heavy (non-hydrogen) atoms. The molecule has 184 valence electrons. The third-order valence-corrected chi connectivity index (χ3v) is 7.30. The Morgan fingerprint density at radius 2 is 1.68 bits per heavy atom. The summed E-state index contributed by atoms with van der Waals surface area (Å²) in [5, 5.41) is 0. The molecule has 0 radical (unpaired) electrons. The third kappa shape index (κ3) is 5.29. The van der Waals surface area contributed by atoms with Crippen molar-refractivity contribution in [1.82, 2.24) is 9.55 Å². The van der Waals surface area contributed by atoms with Crippen LogP contribution in [0.2, 0.25) is 0 Å². The number of fused-ring (bicyclic) bond motifs is 1. The summed E-state index contributed by atoms with van der Waals surface area (Å²) in [6, 6.07) is 4.34. The fourth-order valence-electron chi connectivity index (χ4n) is 3.96. The van der Waals surface area contributed by atoms with Crippen LogP contribution >= 0.6 is 7.60 Å². The number of imidazole rings is 1. The van der Waals surface area contributed by atoms with Crippen molar-refractivity contribution in [3.8, 4) is 0 Å². The maximum absolute atomic E-state index is 13.4. The molecule has 1 aliphatic carbocycles. The first-order valence-electron chi connectivity index (χ1n) is 11.2. The van der Waals surface area contributed by atoms with Gasteiger partial charge in [-0.25, -0.2) is 14.6 Å². The quantitative estimate of drug-likeness (QED) is 0.338. The number of ketones is 1. The van der Waals surface area contributed by atoms with Crippen molar-refractivity contribution in [2.75, 3.05) is 26.4 Å². The molecule has 11 heteroatoms. The Labute approximate surface area is 198 Å². The van der Waals surface area contributed by atoms with Crippen LogP contribution < -0.4 is 0 Å². The summed E-state index contributed by atoms with van der Waals surface area (Å²) < 4.78 is 35.4. The molecule has 0 bridgehead atoms. The van der Waals surface area contributed by atoms with E-state index in [1.54, 1.807) is 45.9 Å². The molecular weight excluding hydrogens is 463 g/mol. The van der Waals surface area contributed by atoms with Crippen LogP contribution in [0.5, 0.6) is 0 Å². The number of carbonyl (C=O) groups excluding carboxylic acids is 3. The highest BCUT2D eigenvalue weighted by molar-refractivity contribution is 7.53. The van der Waals surface area contributed by atoms with Gasteiger partial charge in [0.15, 0.2) is 11.5 Å². The molecule has 1 aliphatic rings. The number of nitrogens with zero attached hydrogens (tertiary/aromatic N) is 2. The molecule has 1 aromatic heterocycles. The Morgan fingerprint density at radius 3 is 2.29 bits per heavy atom. The second-order valence-electron chi connectivity index (χ2n) is 7.43. The maximum Gasteiger partial charge on any atom is 0.374 e. The fraction of sp³-hybridized carbons (Fsp3) is 0.478. The molecule has 1 atom stereocenters. The Bertz CT molecular complexity index is 1120. The molecule has 0 fully saturated rings. The van der Waals surface area contributed by atoms with Crippen LogP contribution in [0.1, 0.15) is 76.3 Å². The SMILES string of the molecule is CCOC(=O)c1cn(C2Cc3c(CP(=O)(OCC)OCC)cccc3C2=O)c(C(=O)OCC)n1. The molecule has 3 rings (SSSR count). The molecule has 0 saturated heterocycles. The van der Waals surface area contributed by atoms with Crippen molar-refractivity contribution >= 4 is 25.3 Å². The van der Waals surface area contributed by atoms with Gasteiger partial charge in [-0.1, -0.05) is 18.2 Å². The number of carbonyl (C=O) groups is 3. The lowest BCUT2D eigenvalue weighted by atomic mass is 10.0. The molecule has 0 aliphatic heterocycles. The second-order valence-corrected chi connectivity index (χ2v) is 9.48. The van der Waals surface area contributed by atoms with E-state index >= 15 is 0 Å². The standard InChI is InChI=1S/C23H29N2O8P/c1-5-30-22(27)18-13-25(21(24-18)23(28)31-6-2)19-12-17-15(10-9-11-16(17)20(19)26)14-34(29,32-7-3)33-8-4/h9-11,13,19H,5-8,12,14H2,1-4H3. The highest BCUT2D eigenvalue weighted by atomic mass is 31.2. The number of ether oxygens (including phenoxy) is 2. The average Bonchev–Trinajstić information content (AvgIpc) is 3.37. The van der Waals surface area contributed by atoms with E-state index in [0.29, 0.717) is 16.7 Å². The van der Waals surface area contributed by atoms with Crippen molar-refractivity contribution < 1.29 is 37.5 Å². The van der Waals surface area contributed by atoms with Crippen LogP contribution in [-0.2, 0) is 35.7 Å². The van der Waals surface area contributed by atoms with Gasteiger partial charge in [0.05, 0.1) is 32.6 Å². The number of hydrogen-bond donors (Lipinski definition) is 0. The molecule has 0 saturated carbocycles. The zero-order chi connectivity index (χ0) is 24.9. The average molecular weight is 492 g/mol. The van der Waals surface area contributed by atoms with Crippen molar-refractivity contribution in [3.05, 3.63) is 52.6 Å². The molecule has 0 spiro atoms. The summed E-state index contributed by atoms with van der Waals surface area (Å²) in [6.45, 7) is 7.46. The highest BCUT2D eigenvalue weighted by Gasteiger charge is 2.38. The molecule has 0 N–H and O–H groups in total. The van der Waals surface area contributed by atoms with Crippen LogP contribution in [0, 0.1) is 0 Å². The Kier molecular flexibility index (Phi) is 8.41. The predicted octanol–water partition coefficient (Wildman–Crippen LogP) is 3.98. The topological polar surface area (TPSA) is 123 Å². The van der Waals surface area contributed by atoms with Gasteiger partial charge in [0, 0.05) is 18.2 Å². The Hall–Kier alpha value is -2.81. The van der Waals surface area contributed by atoms with E-state index in [1.165, 1.54) is 10.8 Å². The Morgan fingerprint density at radius 1 is 1.03 bits per heavy atom. The molecule has 0 amide bonds. The van der Waals surface area contributed by atoms with Gasteiger partial charge in [-0.3, -0.25) is 9.36 Å². The number of benzene rings is 1. The normalized spacial score (nSPS) is 15.3. The zero-order valence-corrected chi connectivity index (χ0v) is 20.6. The van der Waals surface area contributed by atoms with Crippen molar-refractivity contribution in [2.24, 2.45) is 0 Å². The minimum absolute atomic E-state index is 0.0145. The molecule has 1 aromatic carbocycles. The van der Waals surface area contributed by atoms with Crippen LogP contribution in [-0.4, -0.2) is 53.7 Å². The fourth-order valence-corrected chi connectivity index (χ4v) is 5.71. The number of Topliss-reactive ketones (excluding diaryl/α,β-unsaturated/α-hetero) is 1. The van der Waals surface area contributed by atoms with Gasteiger partial charge in [-0.15, -0.1) is 0 Å². The second kappa shape index (κ2) is 11.1. The first kappa shape index (κ1) is 25.8. The van der Waals surface area contributed by atoms with Crippen LogP contribution in [0.25, 0.3) is 0 Å².